The van der Waals surface area contributed by atoms with Crippen molar-refractivity contribution in [2.45, 2.75) is 18.5 Å². The van der Waals surface area contributed by atoms with Crippen LogP contribution in [0.5, 0.6) is 0 Å². The Bertz CT molecular complexity index is 787. The molecule has 120 valence electrons. The molecule has 0 aliphatic carbocycles. The van der Waals surface area contributed by atoms with Crippen molar-refractivity contribution in [1.82, 2.24) is 14.8 Å². The standard InChI is InChI=1S/C15H14BrN5O.ClH/c16-10-5-3-9(4-6-10)11-8-12(13-2-1-7-22-13)21-15(18-11)19-14(17)20-21;/h1-7,11-12H,8H2,(H3,17,18,19,20);1H. The second-order valence-corrected chi connectivity index (χ2v) is 6.17. The van der Waals surface area contributed by atoms with Crippen molar-refractivity contribution in [3.63, 3.8) is 0 Å². The topological polar surface area (TPSA) is 81.9 Å². The predicted molar refractivity (Wildman–Crippen MR) is 93.7 cm³/mol. The van der Waals surface area contributed by atoms with Crippen molar-refractivity contribution >= 4 is 40.2 Å². The molecule has 1 aliphatic rings. The molecule has 0 fully saturated rings. The van der Waals surface area contributed by atoms with Gasteiger partial charge >= 0.3 is 0 Å². The van der Waals surface area contributed by atoms with Crippen molar-refractivity contribution in [2.75, 3.05) is 11.1 Å². The van der Waals surface area contributed by atoms with Crippen molar-refractivity contribution in [1.29, 1.82) is 0 Å². The molecule has 3 heterocycles. The minimum absolute atomic E-state index is 0. The van der Waals surface area contributed by atoms with E-state index in [-0.39, 0.29) is 30.4 Å². The number of aromatic nitrogens is 3. The fourth-order valence-corrected chi connectivity index (χ4v) is 3.09. The van der Waals surface area contributed by atoms with Crippen LogP contribution in [-0.2, 0) is 0 Å². The third kappa shape index (κ3) is 2.94. The molecule has 0 saturated heterocycles. The Morgan fingerprint density at radius 2 is 2.04 bits per heavy atom. The number of anilines is 2. The molecular weight excluding hydrogens is 382 g/mol. The fraction of sp³-hybridized carbons (Fsp3) is 0.200. The molecule has 8 heteroatoms. The summed E-state index contributed by atoms with van der Waals surface area (Å²) in [5.41, 5.74) is 6.95. The van der Waals surface area contributed by atoms with E-state index in [2.05, 4.69) is 43.5 Å². The largest absolute Gasteiger partial charge is 0.467 e. The normalized spacial score (nSPS) is 19.5. The van der Waals surface area contributed by atoms with Gasteiger partial charge in [-0.05, 0) is 29.8 Å². The maximum Gasteiger partial charge on any atom is 0.241 e. The first-order chi connectivity index (χ1) is 10.7. The number of furan rings is 1. The van der Waals surface area contributed by atoms with Gasteiger partial charge in [-0.15, -0.1) is 17.5 Å². The molecule has 0 bridgehead atoms. The van der Waals surface area contributed by atoms with E-state index in [0.717, 1.165) is 16.7 Å². The molecule has 3 aromatic rings. The van der Waals surface area contributed by atoms with Crippen molar-refractivity contribution in [3.05, 3.63) is 58.5 Å². The highest BCUT2D eigenvalue weighted by atomic mass is 79.9. The van der Waals surface area contributed by atoms with Crippen molar-refractivity contribution in [2.24, 2.45) is 0 Å². The van der Waals surface area contributed by atoms with Crippen LogP contribution < -0.4 is 11.1 Å². The number of nitrogens with zero attached hydrogens (tertiary/aromatic N) is 3. The Kier molecular flexibility index (Phi) is 4.32. The van der Waals surface area contributed by atoms with Crippen LogP contribution in [0.2, 0.25) is 0 Å². The SMILES string of the molecule is Cl.Nc1nc2n(n1)C(c1ccco1)CC(c1ccc(Br)cc1)N2. The molecule has 6 nitrogen and oxygen atoms in total. The van der Waals surface area contributed by atoms with Crippen LogP contribution in [0.25, 0.3) is 0 Å². The van der Waals surface area contributed by atoms with Crippen LogP contribution in [0.15, 0.2) is 51.6 Å². The molecule has 0 radical (unpaired) electrons. The molecule has 2 atom stereocenters. The van der Waals surface area contributed by atoms with Gasteiger partial charge in [-0.25, -0.2) is 4.68 Å². The van der Waals surface area contributed by atoms with Gasteiger partial charge in [0, 0.05) is 10.9 Å². The van der Waals surface area contributed by atoms with Gasteiger partial charge < -0.3 is 15.5 Å². The molecule has 3 N–H and O–H groups in total. The predicted octanol–water partition coefficient (Wildman–Crippen LogP) is 3.78. The molecule has 0 spiro atoms. The van der Waals surface area contributed by atoms with E-state index < -0.39 is 0 Å². The molecule has 0 amide bonds. The summed E-state index contributed by atoms with van der Waals surface area (Å²) < 4.78 is 8.43. The number of fused-ring (bicyclic) bond motifs is 1. The van der Waals surface area contributed by atoms with Gasteiger partial charge in [-0.2, -0.15) is 4.98 Å². The van der Waals surface area contributed by atoms with Crippen LogP contribution in [0, 0.1) is 0 Å². The Morgan fingerprint density at radius 3 is 2.74 bits per heavy atom. The minimum Gasteiger partial charge on any atom is -0.467 e. The summed E-state index contributed by atoms with van der Waals surface area (Å²) in [4.78, 5) is 4.27. The van der Waals surface area contributed by atoms with E-state index >= 15 is 0 Å². The Hall–Kier alpha value is -1.99. The highest BCUT2D eigenvalue weighted by Crippen LogP contribution is 2.38. The third-order valence-corrected chi connectivity index (χ3v) is 4.38. The highest BCUT2D eigenvalue weighted by molar-refractivity contribution is 9.10. The first-order valence-electron chi connectivity index (χ1n) is 6.98. The van der Waals surface area contributed by atoms with Gasteiger partial charge in [-0.3, -0.25) is 0 Å². The first-order valence-corrected chi connectivity index (χ1v) is 7.77. The molecule has 0 saturated carbocycles. The number of benzene rings is 1. The molecule has 1 aromatic carbocycles. The Labute approximate surface area is 147 Å². The van der Waals surface area contributed by atoms with Crippen molar-refractivity contribution in [3.8, 4) is 0 Å². The average Bonchev–Trinajstić information content (AvgIpc) is 3.15. The molecule has 1 aliphatic heterocycles. The minimum atomic E-state index is -0.0234. The summed E-state index contributed by atoms with van der Waals surface area (Å²) >= 11 is 3.46. The molecular formula is C15H15BrClN5O. The maximum absolute atomic E-state index is 5.76. The van der Waals surface area contributed by atoms with Gasteiger partial charge in [-0.1, -0.05) is 28.1 Å². The van der Waals surface area contributed by atoms with E-state index in [9.17, 15) is 0 Å². The van der Waals surface area contributed by atoms with Gasteiger partial charge in [0.25, 0.3) is 0 Å². The summed E-state index contributed by atoms with van der Waals surface area (Å²) in [6, 6.07) is 12.2. The zero-order valence-corrected chi connectivity index (χ0v) is 14.4. The quantitative estimate of drug-likeness (QED) is 0.689. The lowest BCUT2D eigenvalue weighted by atomic mass is 9.96. The summed E-state index contributed by atoms with van der Waals surface area (Å²) in [7, 11) is 0. The second-order valence-electron chi connectivity index (χ2n) is 5.25. The third-order valence-electron chi connectivity index (χ3n) is 3.85. The molecule has 4 rings (SSSR count). The van der Waals surface area contributed by atoms with Crippen LogP contribution in [0.1, 0.15) is 29.8 Å². The van der Waals surface area contributed by atoms with Gasteiger partial charge in [0.2, 0.25) is 11.9 Å². The van der Waals surface area contributed by atoms with Crippen LogP contribution in [-0.4, -0.2) is 14.8 Å². The fourth-order valence-electron chi connectivity index (χ4n) is 2.83. The van der Waals surface area contributed by atoms with Gasteiger partial charge in [0.15, 0.2) is 0 Å². The molecule has 23 heavy (non-hydrogen) atoms. The van der Waals surface area contributed by atoms with E-state index in [1.54, 1.807) is 10.9 Å². The van der Waals surface area contributed by atoms with Crippen LogP contribution >= 0.6 is 28.3 Å². The Balaban J connectivity index is 0.00000156. The number of nitrogens with one attached hydrogen (secondary N) is 1. The van der Waals surface area contributed by atoms with Crippen LogP contribution in [0.3, 0.4) is 0 Å². The number of hydrogen-bond acceptors (Lipinski definition) is 5. The highest BCUT2D eigenvalue weighted by Gasteiger charge is 2.32. The van der Waals surface area contributed by atoms with Gasteiger partial charge in [0.05, 0.1) is 12.3 Å². The number of nitrogen functional groups attached to an aromatic ring is 1. The Morgan fingerprint density at radius 1 is 1.26 bits per heavy atom. The summed E-state index contributed by atoms with van der Waals surface area (Å²) in [6.45, 7) is 0. The molecule has 2 unspecified atom stereocenters. The van der Waals surface area contributed by atoms with E-state index in [0.29, 0.717) is 5.95 Å². The average molecular weight is 397 g/mol. The lowest BCUT2D eigenvalue weighted by molar-refractivity contribution is 0.359. The number of halogens is 2. The van der Waals surface area contributed by atoms with Gasteiger partial charge in [0.1, 0.15) is 11.8 Å². The summed E-state index contributed by atoms with van der Waals surface area (Å²) in [6.07, 6.45) is 2.48. The second kappa shape index (κ2) is 6.25. The smallest absolute Gasteiger partial charge is 0.241 e. The maximum atomic E-state index is 5.76. The van der Waals surface area contributed by atoms with E-state index in [4.69, 9.17) is 10.2 Å². The van der Waals surface area contributed by atoms with E-state index in [1.807, 2.05) is 24.3 Å². The zero-order chi connectivity index (χ0) is 15.1. The number of rotatable bonds is 2. The number of hydrogen-bond donors (Lipinski definition) is 2. The summed E-state index contributed by atoms with van der Waals surface area (Å²) in [5, 5.41) is 7.68. The monoisotopic (exact) mass is 395 g/mol. The van der Waals surface area contributed by atoms with E-state index in [1.165, 1.54) is 5.56 Å². The van der Waals surface area contributed by atoms with Crippen LogP contribution in [0.4, 0.5) is 11.9 Å². The molecule has 2 aromatic heterocycles. The zero-order valence-electron chi connectivity index (χ0n) is 12.0. The lowest BCUT2D eigenvalue weighted by Gasteiger charge is -2.30. The summed E-state index contributed by atoms with van der Waals surface area (Å²) in [5.74, 6) is 1.78. The van der Waals surface area contributed by atoms with Crippen molar-refractivity contribution < 1.29 is 4.42 Å². The number of nitrogens with two attached hydrogens (primary N) is 1. The first kappa shape index (κ1) is 15.9. The lowest BCUT2D eigenvalue weighted by Crippen LogP contribution is -2.27.